The van der Waals surface area contributed by atoms with Gasteiger partial charge in [0.1, 0.15) is 0 Å². The zero-order valence-corrected chi connectivity index (χ0v) is 12.5. The van der Waals surface area contributed by atoms with Gasteiger partial charge < -0.3 is 10.6 Å². The van der Waals surface area contributed by atoms with Crippen molar-refractivity contribution in [2.45, 2.75) is 71.4 Å². The van der Waals surface area contributed by atoms with Crippen LogP contribution in [0.3, 0.4) is 0 Å². The molecular formula is C16H32N2. The third-order valence-electron chi connectivity index (χ3n) is 5.24. The van der Waals surface area contributed by atoms with Crippen molar-refractivity contribution in [3.8, 4) is 0 Å². The summed E-state index contributed by atoms with van der Waals surface area (Å²) in [6.45, 7) is 9.32. The summed E-state index contributed by atoms with van der Waals surface area (Å²) in [4.78, 5) is 0. The number of rotatable bonds is 5. The van der Waals surface area contributed by atoms with Crippen LogP contribution in [0.4, 0.5) is 0 Å². The third-order valence-corrected chi connectivity index (χ3v) is 5.24. The van der Waals surface area contributed by atoms with Crippen LogP contribution in [0.2, 0.25) is 0 Å². The lowest BCUT2D eigenvalue weighted by atomic mass is 9.78. The Kier molecular flexibility index (Phi) is 5.50. The summed E-state index contributed by atoms with van der Waals surface area (Å²) < 4.78 is 0. The zero-order valence-electron chi connectivity index (χ0n) is 12.5. The van der Waals surface area contributed by atoms with Crippen molar-refractivity contribution in [1.82, 2.24) is 10.6 Å². The predicted octanol–water partition coefficient (Wildman–Crippen LogP) is 3.18. The minimum absolute atomic E-state index is 0.726. The molecule has 1 saturated heterocycles. The maximum atomic E-state index is 3.90. The second kappa shape index (κ2) is 6.91. The molecule has 2 rings (SSSR count). The maximum absolute atomic E-state index is 3.90. The smallest absolute Gasteiger partial charge is 0.0195 e. The standard InChI is InChI=1S/C16H32N2/c1-12(2)13(3)10-17-11-15-9-8-14-6-4-5-7-16(14)18-15/h12-18H,4-11H2,1-3H3. The highest BCUT2D eigenvalue weighted by Gasteiger charge is 2.31. The predicted molar refractivity (Wildman–Crippen MR) is 78.8 cm³/mol. The Hall–Kier alpha value is -0.0800. The first-order valence-corrected chi connectivity index (χ1v) is 8.13. The molecule has 2 aliphatic rings. The molecule has 2 heteroatoms. The summed E-state index contributed by atoms with van der Waals surface area (Å²) in [7, 11) is 0. The van der Waals surface area contributed by atoms with Crippen molar-refractivity contribution < 1.29 is 0 Å². The molecule has 0 aromatic carbocycles. The average Bonchev–Trinajstić information content (AvgIpc) is 2.38. The first-order valence-electron chi connectivity index (χ1n) is 8.13. The Labute approximate surface area is 113 Å². The van der Waals surface area contributed by atoms with Crippen LogP contribution < -0.4 is 10.6 Å². The van der Waals surface area contributed by atoms with E-state index in [0.717, 1.165) is 29.8 Å². The highest BCUT2D eigenvalue weighted by Crippen LogP contribution is 2.31. The molecule has 1 aliphatic heterocycles. The van der Waals surface area contributed by atoms with E-state index in [0.29, 0.717) is 0 Å². The SMILES string of the molecule is CC(C)C(C)CNCC1CCC2CCCCC2N1. The third kappa shape index (κ3) is 3.96. The molecule has 1 saturated carbocycles. The van der Waals surface area contributed by atoms with Crippen LogP contribution in [0.1, 0.15) is 59.3 Å². The minimum atomic E-state index is 0.726. The van der Waals surface area contributed by atoms with Gasteiger partial charge in [-0.3, -0.25) is 0 Å². The molecule has 0 bridgehead atoms. The maximum Gasteiger partial charge on any atom is 0.0195 e. The number of piperidine rings is 1. The van der Waals surface area contributed by atoms with E-state index in [1.165, 1.54) is 51.6 Å². The van der Waals surface area contributed by atoms with Crippen LogP contribution in [0.5, 0.6) is 0 Å². The fourth-order valence-corrected chi connectivity index (χ4v) is 3.46. The first-order chi connectivity index (χ1) is 8.66. The number of hydrogen-bond acceptors (Lipinski definition) is 2. The normalized spacial score (nSPS) is 34.3. The molecule has 1 aliphatic carbocycles. The van der Waals surface area contributed by atoms with E-state index in [9.17, 15) is 0 Å². The molecule has 18 heavy (non-hydrogen) atoms. The van der Waals surface area contributed by atoms with Crippen LogP contribution in [0.25, 0.3) is 0 Å². The van der Waals surface area contributed by atoms with Gasteiger partial charge in [0.05, 0.1) is 0 Å². The van der Waals surface area contributed by atoms with E-state index in [4.69, 9.17) is 0 Å². The van der Waals surface area contributed by atoms with Crippen LogP contribution in [0.15, 0.2) is 0 Å². The molecule has 0 radical (unpaired) electrons. The molecule has 2 N–H and O–H groups in total. The summed E-state index contributed by atoms with van der Waals surface area (Å²) >= 11 is 0. The lowest BCUT2D eigenvalue weighted by Gasteiger charge is -2.40. The Balaban J connectivity index is 1.65. The van der Waals surface area contributed by atoms with Crippen molar-refractivity contribution in [1.29, 1.82) is 0 Å². The molecule has 2 nitrogen and oxygen atoms in total. The molecule has 0 spiro atoms. The van der Waals surface area contributed by atoms with Gasteiger partial charge in [-0.15, -0.1) is 0 Å². The molecule has 106 valence electrons. The molecule has 0 aromatic heterocycles. The van der Waals surface area contributed by atoms with Crippen LogP contribution >= 0.6 is 0 Å². The van der Waals surface area contributed by atoms with E-state index >= 15 is 0 Å². The van der Waals surface area contributed by atoms with Crippen molar-refractivity contribution >= 4 is 0 Å². The molecule has 0 aromatic rings. The molecule has 4 unspecified atom stereocenters. The molecule has 1 heterocycles. The zero-order chi connectivity index (χ0) is 13.0. The molecular weight excluding hydrogens is 220 g/mol. The van der Waals surface area contributed by atoms with Crippen molar-refractivity contribution in [3.63, 3.8) is 0 Å². The molecule has 0 amide bonds. The number of nitrogens with one attached hydrogen (secondary N) is 2. The van der Waals surface area contributed by atoms with Crippen LogP contribution in [0, 0.1) is 17.8 Å². The van der Waals surface area contributed by atoms with E-state index in [2.05, 4.69) is 31.4 Å². The lowest BCUT2D eigenvalue weighted by molar-refractivity contribution is 0.173. The second-order valence-electron chi connectivity index (χ2n) is 6.97. The lowest BCUT2D eigenvalue weighted by Crippen LogP contribution is -2.52. The van der Waals surface area contributed by atoms with Gasteiger partial charge in [0.15, 0.2) is 0 Å². The minimum Gasteiger partial charge on any atom is -0.315 e. The van der Waals surface area contributed by atoms with E-state index in [1.54, 1.807) is 0 Å². The van der Waals surface area contributed by atoms with E-state index < -0.39 is 0 Å². The second-order valence-corrected chi connectivity index (χ2v) is 6.97. The highest BCUT2D eigenvalue weighted by atomic mass is 15.0. The van der Waals surface area contributed by atoms with Gasteiger partial charge in [-0.25, -0.2) is 0 Å². The van der Waals surface area contributed by atoms with Gasteiger partial charge >= 0.3 is 0 Å². The van der Waals surface area contributed by atoms with Gasteiger partial charge in [0, 0.05) is 18.6 Å². The van der Waals surface area contributed by atoms with Gasteiger partial charge in [0.25, 0.3) is 0 Å². The fraction of sp³-hybridized carbons (Fsp3) is 1.00. The number of fused-ring (bicyclic) bond motifs is 1. The van der Waals surface area contributed by atoms with E-state index in [-0.39, 0.29) is 0 Å². The topological polar surface area (TPSA) is 24.1 Å². The van der Waals surface area contributed by atoms with Gasteiger partial charge in [-0.2, -0.15) is 0 Å². The Bertz CT molecular complexity index is 239. The monoisotopic (exact) mass is 252 g/mol. The summed E-state index contributed by atoms with van der Waals surface area (Å²) in [5.74, 6) is 2.57. The summed E-state index contributed by atoms with van der Waals surface area (Å²) in [5.41, 5.74) is 0. The quantitative estimate of drug-likeness (QED) is 0.785. The highest BCUT2D eigenvalue weighted by molar-refractivity contribution is 4.90. The Morgan fingerprint density at radius 1 is 1.06 bits per heavy atom. The largest absolute Gasteiger partial charge is 0.315 e. The van der Waals surface area contributed by atoms with E-state index in [1.807, 2.05) is 0 Å². The molecule has 4 atom stereocenters. The Morgan fingerprint density at radius 3 is 2.61 bits per heavy atom. The van der Waals surface area contributed by atoms with Gasteiger partial charge in [-0.1, -0.05) is 33.6 Å². The Morgan fingerprint density at radius 2 is 1.83 bits per heavy atom. The van der Waals surface area contributed by atoms with Crippen molar-refractivity contribution in [2.24, 2.45) is 17.8 Å². The fourth-order valence-electron chi connectivity index (χ4n) is 3.46. The van der Waals surface area contributed by atoms with Crippen molar-refractivity contribution in [2.75, 3.05) is 13.1 Å². The van der Waals surface area contributed by atoms with Crippen LogP contribution in [-0.4, -0.2) is 25.2 Å². The summed E-state index contributed by atoms with van der Waals surface area (Å²) in [6.07, 6.45) is 8.65. The summed E-state index contributed by atoms with van der Waals surface area (Å²) in [6, 6.07) is 1.56. The van der Waals surface area contributed by atoms with Gasteiger partial charge in [-0.05, 0) is 50.0 Å². The average molecular weight is 252 g/mol. The molecule has 2 fully saturated rings. The first kappa shape index (κ1) is 14.3. The number of hydrogen-bond donors (Lipinski definition) is 2. The van der Waals surface area contributed by atoms with Crippen LogP contribution in [-0.2, 0) is 0 Å². The van der Waals surface area contributed by atoms with Crippen molar-refractivity contribution in [3.05, 3.63) is 0 Å². The van der Waals surface area contributed by atoms with Gasteiger partial charge in [0.2, 0.25) is 0 Å². The summed E-state index contributed by atoms with van der Waals surface area (Å²) in [5, 5.41) is 7.57.